The molecule has 2 fully saturated rings. The van der Waals surface area contributed by atoms with Crippen LogP contribution >= 0.6 is 0 Å². The third kappa shape index (κ3) is 1.41. The minimum absolute atomic E-state index is 0.810. The Hall–Kier alpha value is -0.120. The van der Waals surface area contributed by atoms with Crippen LogP contribution in [0.4, 0.5) is 0 Å². The minimum atomic E-state index is 0.810. The van der Waals surface area contributed by atoms with Gasteiger partial charge in [-0.05, 0) is 13.5 Å². The lowest BCUT2D eigenvalue weighted by Crippen LogP contribution is -2.39. The molecule has 2 aliphatic rings. The summed E-state index contributed by atoms with van der Waals surface area (Å²) in [4.78, 5) is 0. The van der Waals surface area contributed by atoms with Crippen LogP contribution in [0.25, 0.3) is 0 Å². The molecule has 2 atom stereocenters. The van der Waals surface area contributed by atoms with Crippen LogP contribution in [-0.2, 0) is 0 Å². The third-order valence-corrected chi connectivity index (χ3v) is 1.87. The van der Waals surface area contributed by atoms with Gasteiger partial charge in [-0.3, -0.25) is 0 Å². The van der Waals surface area contributed by atoms with Gasteiger partial charge in [0.25, 0.3) is 0 Å². The van der Waals surface area contributed by atoms with E-state index >= 15 is 0 Å². The molecule has 2 aliphatic heterocycles. The van der Waals surface area contributed by atoms with E-state index in [1.54, 1.807) is 0 Å². The van der Waals surface area contributed by atoms with Crippen LogP contribution < -0.4 is 16.4 Å². The zero-order valence-corrected chi connectivity index (χ0v) is 5.85. The number of hydrogen-bond donors (Lipinski definition) is 3. The van der Waals surface area contributed by atoms with Gasteiger partial charge in [0.05, 0.1) is 0 Å². The van der Waals surface area contributed by atoms with Crippen molar-refractivity contribution < 1.29 is 0 Å². The number of rotatable bonds is 0. The van der Waals surface area contributed by atoms with Gasteiger partial charge in [0.1, 0.15) is 0 Å². The highest BCUT2D eigenvalue weighted by molar-refractivity contribution is 4.94. The first kappa shape index (κ1) is 6.99. The molecule has 4 N–H and O–H groups in total. The molecule has 2 bridgehead atoms. The quantitative estimate of drug-likeness (QED) is 0.389. The molecule has 3 nitrogen and oxygen atoms in total. The second-order valence-corrected chi connectivity index (χ2v) is 2.45. The highest BCUT2D eigenvalue weighted by Crippen LogP contribution is 2.11. The SMILES string of the molecule is C1NC2CNC1C2.CN. The first-order valence-corrected chi connectivity index (χ1v) is 3.49. The van der Waals surface area contributed by atoms with Crippen molar-refractivity contribution in [1.29, 1.82) is 0 Å². The fourth-order valence-electron chi connectivity index (χ4n) is 1.44. The number of hydrogen-bond acceptors (Lipinski definition) is 3. The summed E-state index contributed by atoms with van der Waals surface area (Å²) in [7, 11) is 1.50. The van der Waals surface area contributed by atoms with Crippen molar-refractivity contribution in [2.45, 2.75) is 18.5 Å². The van der Waals surface area contributed by atoms with E-state index < -0.39 is 0 Å². The Morgan fingerprint density at radius 2 is 1.56 bits per heavy atom. The third-order valence-electron chi connectivity index (χ3n) is 1.87. The van der Waals surface area contributed by atoms with Gasteiger partial charge < -0.3 is 16.4 Å². The lowest BCUT2D eigenvalue weighted by Gasteiger charge is -2.10. The smallest absolute Gasteiger partial charge is 0.0208 e. The molecule has 0 aromatic rings. The molecular weight excluding hydrogens is 114 g/mol. The van der Waals surface area contributed by atoms with Gasteiger partial charge in [-0.2, -0.15) is 0 Å². The lowest BCUT2D eigenvalue weighted by atomic mass is 10.3. The molecule has 2 unspecified atom stereocenters. The molecule has 54 valence electrons. The summed E-state index contributed by atoms with van der Waals surface area (Å²) in [6, 6.07) is 1.62. The normalized spacial score (nSPS) is 38.0. The van der Waals surface area contributed by atoms with Crippen LogP contribution in [-0.4, -0.2) is 32.2 Å². The van der Waals surface area contributed by atoms with Crippen molar-refractivity contribution in [1.82, 2.24) is 10.6 Å². The summed E-state index contributed by atoms with van der Waals surface area (Å²) in [6.07, 6.45) is 1.36. The van der Waals surface area contributed by atoms with E-state index in [1.165, 1.54) is 26.6 Å². The van der Waals surface area contributed by atoms with E-state index in [2.05, 4.69) is 16.4 Å². The fraction of sp³-hybridized carbons (Fsp3) is 1.00. The predicted octanol–water partition coefficient (Wildman–Crippen LogP) is -1.10. The molecule has 2 saturated heterocycles. The van der Waals surface area contributed by atoms with Crippen molar-refractivity contribution >= 4 is 0 Å². The summed E-state index contributed by atoms with van der Waals surface area (Å²) >= 11 is 0. The maximum Gasteiger partial charge on any atom is 0.0208 e. The molecule has 0 radical (unpaired) electrons. The van der Waals surface area contributed by atoms with Crippen LogP contribution in [0, 0.1) is 0 Å². The predicted molar refractivity (Wildman–Crippen MR) is 38.3 cm³/mol. The maximum atomic E-state index is 4.50. The van der Waals surface area contributed by atoms with E-state index in [4.69, 9.17) is 0 Å². The van der Waals surface area contributed by atoms with Crippen LogP contribution in [0.5, 0.6) is 0 Å². The molecule has 0 saturated carbocycles. The Kier molecular flexibility index (Phi) is 2.45. The molecule has 0 spiro atoms. The summed E-state index contributed by atoms with van der Waals surface area (Å²) in [5, 5.41) is 6.79. The van der Waals surface area contributed by atoms with Gasteiger partial charge in [0, 0.05) is 25.2 Å². The van der Waals surface area contributed by atoms with Crippen molar-refractivity contribution in [3.63, 3.8) is 0 Å². The number of fused-ring (bicyclic) bond motifs is 2. The van der Waals surface area contributed by atoms with Crippen LogP contribution in [0.15, 0.2) is 0 Å². The van der Waals surface area contributed by atoms with Gasteiger partial charge in [-0.1, -0.05) is 0 Å². The minimum Gasteiger partial charge on any atom is -0.333 e. The molecule has 2 rings (SSSR count). The molecule has 2 heterocycles. The monoisotopic (exact) mass is 129 g/mol. The van der Waals surface area contributed by atoms with Crippen LogP contribution in [0.3, 0.4) is 0 Å². The topological polar surface area (TPSA) is 50.1 Å². The summed E-state index contributed by atoms with van der Waals surface area (Å²) in [5.74, 6) is 0. The van der Waals surface area contributed by atoms with Gasteiger partial charge >= 0.3 is 0 Å². The Morgan fingerprint density at radius 1 is 1.11 bits per heavy atom. The van der Waals surface area contributed by atoms with E-state index in [-0.39, 0.29) is 0 Å². The molecule has 0 aromatic carbocycles. The van der Waals surface area contributed by atoms with E-state index in [0.29, 0.717) is 0 Å². The Morgan fingerprint density at radius 3 is 1.67 bits per heavy atom. The molecule has 3 heteroatoms. The van der Waals surface area contributed by atoms with E-state index in [0.717, 1.165) is 12.1 Å². The van der Waals surface area contributed by atoms with Crippen molar-refractivity contribution in [2.75, 3.05) is 20.1 Å². The zero-order valence-electron chi connectivity index (χ0n) is 5.85. The Bertz CT molecular complexity index is 66.4. The molecule has 9 heavy (non-hydrogen) atoms. The molecule has 0 amide bonds. The van der Waals surface area contributed by atoms with Crippen LogP contribution in [0.2, 0.25) is 0 Å². The van der Waals surface area contributed by atoms with Crippen molar-refractivity contribution in [2.24, 2.45) is 5.73 Å². The summed E-state index contributed by atoms with van der Waals surface area (Å²) < 4.78 is 0. The number of nitrogens with two attached hydrogens (primary N) is 1. The van der Waals surface area contributed by atoms with Gasteiger partial charge in [-0.15, -0.1) is 0 Å². The molecular formula is C6H15N3. The highest BCUT2D eigenvalue weighted by Gasteiger charge is 2.29. The summed E-state index contributed by atoms with van der Waals surface area (Å²) in [6.45, 7) is 2.40. The largest absolute Gasteiger partial charge is 0.333 e. The summed E-state index contributed by atoms with van der Waals surface area (Å²) in [5.41, 5.74) is 4.50. The number of nitrogens with one attached hydrogen (secondary N) is 2. The average molecular weight is 129 g/mol. The van der Waals surface area contributed by atoms with Gasteiger partial charge in [-0.25, -0.2) is 0 Å². The second-order valence-electron chi connectivity index (χ2n) is 2.45. The average Bonchev–Trinajstić information content (AvgIpc) is 2.53. The molecule has 0 aliphatic carbocycles. The lowest BCUT2D eigenvalue weighted by molar-refractivity contribution is 0.528. The van der Waals surface area contributed by atoms with Gasteiger partial charge in [0.15, 0.2) is 0 Å². The Balaban J connectivity index is 0.000000186. The second kappa shape index (κ2) is 3.15. The van der Waals surface area contributed by atoms with Crippen molar-refractivity contribution in [3.8, 4) is 0 Å². The van der Waals surface area contributed by atoms with Crippen LogP contribution in [0.1, 0.15) is 6.42 Å². The first-order chi connectivity index (χ1) is 4.45. The van der Waals surface area contributed by atoms with Gasteiger partial charge in [0.2, 0.25) is 0 Å². The number of piperazine rings is 1. The maximum absolute atomic E-state index is 4.50. The Labute approximate surface area is 56.0 Å². The zero-order chi connectivity index (χ0) is 6.69. The first-order valence-electron chi connectivity index (χ1n) is 3.49. The fourth-order valence-corrected chi connectivity index (χ4v) is 1.44. The standard InChI is InChI=1S/C5H10N2.CH5N/c1-4-2-6-5(1)3-7-4;1-2/h4-7H,1-3H2;2H2,1H3. The van der Waals surface area contributed by atoms with E-state index in [1.807, 2.05) is 0 Å². The van der Waals surface area contributed by atoms with Crippen molar-refractivity contribution in [3.05, 3.63) is 0 Å². The molecule has 0 aromatic heterocycles. The highest BCUT2D eigenvalue weighted by atomic mass is 15.1. The van der Waals surface area contributed by atoms with E-state index in [9.17, 15) is 0 Å².